The topological polar surface area (TPSA) is 30.2 Å². The lowest BCUT2D eigenvalue weighted by atomic mass is 10.1. The van der Waals surface area contributed by atoms with Crippen LogP contribution >= 0.6 is 0 Å². The molecule has 0 aliphatic rings. The van der Waals surface area contributed by atoms with E-state index in [1.54, 1.807) is 0 Å². The molecular weight excluding hydrogens is 258 g/mol. The average molecular weight is 273 g/mol. The van der Waals surface area contributed by atoms with Crippen LogP contribution in [-0.2, 0) is 0 Å². The maximum Gasteiger partial charge on any atom is 0.234 e. The van der Waals surface area contributed by atoms with Crippen molar-refractivity contribution in [1.82, 2.24) is 14.4 Å². The molecule has 0 amide bonds. The van der Waals surface area contributed by atoms with E-state index in [-0.39, 0.29) is 0 Å². The minimum Gasteiger partial charge on any atom is -0.288 e. The van der Waals surface area contributed by atoms with E-state index in [1.165, 1.54) is 10.8 Å². The summed E-state index contributed by atoms with van der Waals surface area (Å²) in [6, 6.07) is 16.9. The molecule has 21 heavy (non-hydrogen) atoms. The highest BCUT2D eigenvalue weighted by atomic mass is 15.1. The van der Waals surface area contributed by atoms with Gasteiger partial charge in [0.05, 0.1) is 5.69 Å². The molecule has 2 heterocycles. The van der Waals surface area contributed by atoms with Crippen molar-refractivity contribution >= 4 is 16.6 Å². The minimum atomic E-state index is 0.760. The number of benzene rings is 2. The van der Waals surface area contributed by atoms with E-state index in [1.807, 2.05) is 11.3 Å². The lowest BCUT2D eigenvalue weighted by Gasteiger charge is -2.00. The first kappa shape index (κ1) is 12.1. The predicted octanol–water partition coefficient (Wildman–Crippen LogP) is 4.17. The van der Waals surface area contributed by atoms with E-state index >= 15 is 0 Å². The molecule has 0 saturated heterocycles. The third kappa shape index (κ3) is 1.98. The molecule has 4 rings (SSSR count). The smallest absolute Gasteiger partial charge is 0.234 e. The second kappa shape index (κ2) is 4.42. The Bertz CT molecular complexity index is 967. The van der Waals surface area contributed by atoms with Gasteiger partial charge in [-0.25, -0.2) is 9.97 Å². The monoisotopic (exact) mass is 273 g/mol. The molecule has 0 aliphatic carbocycles. The molecule has 3 heteroatoms. The van der Waals surface area contributed by atoms with Crippen molar-refractivity contribution in [3.63, 3.8) is 0 Å². The number of hydrogen-bond donors (Lipinski definition) is 0. The van der Waals surface area contributed by atoms with Gasteiger partial charge in [-0.05, 0) is 36.8 Å². The Labute approximate surface area is 122 Å². The van der Waals surface area contributed by atoms with Crippen LogP contribution in [-0.4, -0.2) is 14.4 Å². The zero-order valence-electron chi connectivity index (χ0n) is 12.0. The summed E-state index contributed by atoms with van der Waals surface area (Å²) in [4.78, 5) is 9.16. The minimum absolute atomic E-state index is 0.760. The summed E-state index contributed by atoms with van der Waals surface area (Å²) in [7, 11) is 0. The lowest BCUT2D eigenvalue weighted by Crippen LogP contribution is -1.94. The number of rotatable bonds is 1. The number of aryl methyl sites for hydroxylation is 2. The molecule has 0 spiro atoms. The van der Waals surface area contributed by atoms with Crippen molar-refractivity contribution in [3.05, 3.63) is 66.1 Å². The third-order valence-electron chi connectivity index (χ3n) is 3.81. The van der Waals surface area contributed by atoms with Crippen molar-refractivity contribution in [1.29, 1.82) is 0 Å². The highest BCUT2D eigenvalue weighted by Crippen LogP contribution is 2.24. The summed E-state index contributed by atoms with van der Waals surface area (Å²) in [5.41, 5.74) is 4.23. The molecule has 3 nitrogen and oxygen atoms in total. The second-order valence-corrected chi connectivity index (χ2v) is 5.40. The largest absolute Gasteiger partial charge is 0.288 e. The molecule has 0 saturated carbocycles. The number of nitrogens with zero attached hydrogens (tertiary/aromatic N) is 3. The van der Waals surface area contributed by atoms with E-state index in [2.05, 4.69) is 71.6 Å². The zero-order valence-corrected chi connectivity index (χ0v) is 12.0. The highest BCUT2D eigenvalue weighted by molar-refractivity contribution is 5.86. The van der Waals surface area contributed by atoms with Crippen LogP contribution in [0.1, 0.15) is 11.4 Å². The molecule has 0 unspecified atom stereocenters. The molecule has 102 valence electrons. The van der Waals surface area contributed by atoms with E-state index < -0.39 is 0 Å². The fraction of sp³-hybridized carbons (Fsp3) is 0.111. The van der Waals surface area contributed by atoms with Crippen LogP contribution in [0, 0.1) is 13.8 Å². The van der Waals surface area contributed by atoms with Gasteiger partial charge in [-0.1, -0.05) is 36.4 Å². The quantitative estimate of drug-likeness (QED) is 0.521. The van der Waals surface area contributed by atoms with E-state index in [9.17, 15) is 0 Å². The van der Waals surface area contributed by atoms with Gasteiger partial charge in [0, 0.05) is 23.1 Å². The molecule has 0 aliphatic heterocycles. The van der Waals surface area contributed by atoms with E-state index in [0.29, 0.717) is 0 Å². The summed E-state index contributed by atoms with van der Waals surface area (Å²) in [5, 5.41) is 2.48. The van der Waals surface area contributed by atoms with Gasteiger partial charge in [0.1, 0.15) is 0 Å². The van der Waals surface area contributed by atoms with E-state index in [4.69, 9.17) is 0 Å². The Morgan fingerprint density at radius 3 is 2.52 bits per heavy atom. The lowest BCUT2D eigenvalue weighted by molar-refractivity contribution is 1.01. The molecular formula is C18H15N3. The van der Waals surface area contributed by atoms with Crippen LogP contribution in [0.2, 0.25) is 0 Å². The van der Waals surface area contributed by atoms with Crippen LogP contribution in [0.5, 0.6) is 0 Å². The highest BCUT2D eigenvalue weighted by Gasteiger charge is 2.08. The van der Waals surface area contributed by atoms with Gasteiger partial charge in [0.25, 0.3) is 0 Å². The summed E-state index contributed by atoms with van der Waals surface area (Å²) in [6.45, 7) is 4.07. The number of hydrogen-bond acceptors (Lipinski definition) is 2. The molecule has 2 aromatic heterocycles. The first-order valence-electron chi connectivity index (χ1n) is 7.03. The van der Waals surface area contributed by atoms with Crippen LogP contribution in [0.3, 0.4) is 0 Å². The maximum absolute atomic E-state index is 4.66. The second-order valence-electron chi connectivity index (χ2n) is 5.40. The normalized spacial score (nSPS) is 11.3. The number of fused-ring (bicyclic) bond motifs is 2. The molecule has 0 atom stereocenters. The van der Waals surface area contributed by atoms with E-state index in [0.717, 1.165) is 28.4 Å². The van der Waals surface area contributed by atoms with Crippen LogP contribution in [0.4, 0.5) is 0 Å². The SMILES string of the molecule is Cc1cc(C)n2cc(-c3ccc4ccccc4c3)nc2n1. The van der Waals surface area contributed by atoms with Gasteiger partial charge in [-0.2, -0.15) is 0 Å². The summed E-state index contributed by atoms with van der Waals surface area (Å²) < 4.78 is 2.04. The average Bonchev–Trinajstić information content (AvgIpc) is 2.91. The predicted molar refractivity (Wildman–Crippen MR) is 85.4 cm³/mol. The van der Waals surface area contributed by atoms with Gasteiger partial charge in [0.15, 0.2) is 0 Å². The standard InChI is InChI=1S/C18H15N3/c1-12-9-13(2)21-11-17(20-18(21)19-12)16-8-7-14-5-3-4-6-15(14)10-16/h3-11H,1-2H3. The Hall–Kier alpha value is -2.68. The summed E-state index contributed by atoms with van der Waals surface area (Å²) >= 11 is 0. The number of imidazole rings is 1. The maximum atomic E-state index is 4.66. The first-order valence-corrected chi connectivity index (χ1v) is 7.03. The van der Waals surface area contributed by atoms with Crippen molar-refractivity contribution in [3.8, 4) is 11.3 Å². The van der Waals surface area contributed by atoms with Crippen LogP contribution in [0.15, 0.2) is 54.7 Å². The number of aromatic nitrogens is 3. The Morgan fingerprint density at radius 2 is 1.67 bits per heavy atom. The van der Waals surface area contributed by atoms with Crippen molar-refractivity contribution < 1.29 is 0 Å². The van der Waals surface area contributed by atoms with Crippen molar-refractivity contribution in [2.45, 2.75) is 13.8 Å². The molecule has 0 fully saturated rings. The van der Waals surface area contributed by atoms with Crippen molar-refractivity contribution in [2.24, 2.45) is 0 Å². The molecule has 0 radical (unpaired) electrons. The van der Waals surface area contributed by atoms with Crippen molar-refractivity contribution in [2.75, 3.05) is 0 Å². The molecule has 0 N–H and O–H groups in total. The van der Waals surface area contributed by atoms with Crippen LogP contribution in [0.25, 0.3) is 27.8 Å². The van der Waals surface area contributed by atoms with Gasteiger partial charge < -0.3 is 0 Å². The molecule has 4 aromatic rings. The van der Waals surface area contributed by atoms with Gasteiger partial charge in [-0.15, -0.1) is 0 Å². The van der Waals surface area contributed by atoms with Gasteiger partial charge in [0.2, 0.25) is 5.78 Å². The Balaban J connectivity index is 1.93. The summed E-state index contributed by atoms with van der Waals surface area (Å²) in [5.74, 6) is 0.760. The molecule has 2 aromatic carbocycles. The zero-order chi connectivity index (χ0) is 14.4. The van der Waals surface area contributed by atoms with Gasteiger partial charge in [-0.3, -0.25) is 4.40 Å². The fourth-order valence-electron chi connectivity index (χ4n) is 2.76. The Morgan fingerprint density at radius 1 is 0.857 bits per heavy atom. The third-order valence-corrected chi connectivity index (χ3v) is 3.81. The van der Waals surface area contributed by atoms with Crippen LogP contribution < -0.4 is 0 Å². The molecule has 0 bridgehead atoms. The summed E-state index contributed by atoms with van der Waals surface area (Å²) in [6.07, 6.45) is 2.06. The Kier molecular flexibility index (Phi) is 2.54. The first-order chi connectivity index (χ1) is 10.2. The van der Waals surface area contributed by atoms with Gasteiger partial charge >= 0.3 is 0 Å². The fourth-order valence-corrected chi connectivity index (χ4v) is 2.76.